The van der Waals surface area contributed by atoms with Crippen molar-refractivity contribution in [1.82, 2.24) is 5.32 Å². The summed E-state index contributed by atoms with van der Waals surface area (Å²) in [4.78, 5) is 11.8. The number of benzene rings is 1. The van der Waals surface area contributed by atoms with E-state index in [0.717, 1.165) is 25.0 Å². The van der Waals surface area contributed by atoms with Crippen LogP contribution in [0.1, 0.15) is 25.3 Å². The summed E-state index contributed by atoms with van der Waals surface area (Å²) in [6, 6.07) is 4.57. The molecule has 104 valence electrons. The van der Waals surface area contributed by atoms with E-state index < -0.39 is 17.8 Å². The van der Waals surface area contributed by atoms with Gasteiger partial charge >= 0.3 is 6.18 Å². The molecule has 19 heavy (non-hydrogen) atoms. The van der Waals surface area contributed by atoms with Crippen LogP contribution in [0.25, 0.3) is 0 Å². The number of carbonyl (C=O) groups is 1. The lowest BCUT2D eigenvalue weighted by Gasteiger charge is -2.14. The quantitative estimate of drug-likeness (QED) is 0.885. The molecule has 1 fully saturated rings. The van der Waals surface area contributed by atoms with Gasteiger partial charge in [-0.25, -0.2) is 0 Å². The van der Waals surface area contributed by atoms with E-state index in [1.54, 1.807) is 6.92 Å². The Bertz CT molecular complexity index is 469. The maximum Gasteiger partial charge on any atom is 0.416 e. The van der Waals surface area contributed by atoms with Crippen LogP contribution in [0, 0.1) is 0 Å². The van der Waals surface area contributed by atoms with Gasteiger partial charge in [0, 0.05) is 11.7 Å². The van der Waals surface area contributed by atoms with Gasteiger partial charge in [-0.1, -0.05) is 6.07 Å². The second-order valence-corrected chi connectivity index (χ2v) is 4.73. The summed E-state index contributed by atoms with van der Waals surface area (Å²) in [5.74, 6) is -0.328. The fraction of sp³-hybridized carbons (Fsp3) is 0.462. The Morgan fingerprint density at radius 2 is 2.05 bits per heavy atom. The van der Waals surface area contributed by atoms with Crippen molar-refractivity contribution in [1.29, 1.82) is 0 Å². The Morgan fingerprint density at radius 3 is 2.63 bits per heavy atom. The molecule has 6 heteroatoms. The van der Waals surface area contributed by atoms with Crippen LogP contribution in [-0.2, 0) is 11.0 Å². The number of alkyl halides is 3. The number of carbonyl (C=O) groups excluding carboxylic acids is 1. The average molecular weight is 272 g/mol. The van der Waals surface area contributed by atoms with Crippen molar-refractivity contribution in [2.75, 3.05) is 5.32 Å². The molecule has 0 radical (unpaired) electrons. The van der Waals surface area contributed by atoms with Crippen LogP contribution in [0.4, 0.5) is 18.9 Å². The van der Waals surface area contributed by atoms with Gasteiger partial charge in [-0.05, 0) is 38.0 Å². The summed E-state index contributed by atoms with van der Waals surface area (Å²) in [7, 11) is 0. The zero-order valence-electron chi connectivity index (χ0n) is 10.4. The van der Waals surface area contributed by atoms with E-state index in [1.807, 2.05) is 0 Å². The van der Waals surface area contributed by atoms with E-state index in [2.05, 4.69) is 10.6 Å². The molecule has 2 rings (SSSR count). The molecule has 0 bridgehead atoms. The number of nitrogens with one attached hydrogen (secondary N) is 2. The van der Waals surface area contributed by atoms with E-state index in [-0.39, 0.29) is 11.6 Å². The molecule has 1 aromatic rings. The van der Waals surface area contributed by atoms with Crippen LogP contribution in [0.3, 0.4) is 0 Å². The van der Waals surface area contributed by atoms with E-state index in [9.17, 15) is 18.0 Å². The van der Waals surface area contributed by atoms with Gasteiger partial charge in [-0.15, -0.1) is 0 Å². The first kappa shape index (κ1) is 13.9. The standard InChI is InChI=1S/C13H15F3N2O/c1-8(17-10-5-6-10)12(19)18-11-4-2-3-9(7-11)13(14,15)16/h2-4,7-8,10,17H,5-6H2,1H3,(H,18,19). The SMILES string of the molecule is CC(NC1CC1)C(=O)Nc1cccc(C(F)(F)F)c1. The molecule has 3 nitrogen and oxygen atoms in total. The normalized spacial score (nSPS) is 17.1. The van der Waals surface area contributed by atoms with Crippen LogP contribution in [0.15, 0.2) is 24.3 Å². The van der Waals surface area contributed by atoms with Gasteiger partial charge in [-0.3, -0.25) is 4.79 Å². The molecular weight excluding hydrogens is 257 g/mol. The first-order chi connectivity index (χ1) is 8.86. The van der Waals surface area contributed by atoms with Crippen molar-refractivity contribution in [3.05, 3.63) is 29.8 Å². The van der Waals surface area contributed by atoms with Gasteiger partial charge in [0.25, 0.3) is 0 Å². The summed E-state index contributed by atoms with van der Waals surface area (Å²) < 4.78 is 37.6. The predicted molar refractivity (Wildman–Crippen MR) is 65.7 cm³/mol. The van der Waals surface area contributed by atoms with E-state index in [4.69, 9.17) is 0 Å². The molecule has 1 aliphatic carbocycles. The van der Waals surface area contributed by atoms with E-state index in [1.165, 1.54) is 12.1 Å². The monoisotopic (exact) mass is 272 g/mol. The number of hydrogen-bond acceptors (Lipinski definition) is 2. The highest BCUT2D eigenvalue weighted by atomic mass is 19.4. The zero-order valence-corrected chi connectivity index (χ0v) is 10.4. The summed E-state index contributed by atoms with van der Waals surface area (Å²) in [6.45, 7) is 1.70. The van der Waals surface area contributed by atoms with Gasteiger partial charge < -0.3 is 10.6 Å². The predicted octanol–water partition coefficient (Wildman–Crippen LogP) is 2.78. The summed E-state index contributed by atoms with van der Waals surface area (Å²) in [5, 5.41) is 5.57. The van der Waals surface area contributed by atoms with Crippen molar-refractivity contribution in [3.8, 4) is 0 Å². The number of halogens is 3. The smallest absolute Gasteiger partial charge is 0.325 e. The highest BCUT2D eigenvalue weighted by Gasteiger charge is 2.31. The zero-order chi connectivity index (χ0) is 14.0. The topological polar surface area (TPSA) is 41.1 Å². The van der Waals surface area contributed by atoms with Crippen LogP contribution in [0.2, 0.25) is 0 Å². The number of anilines is 1. The molecule has 2 N–H and O–H groups in total. The van der Waals surface area contributed by atoms with Gasteiger partial charge in [0.05, 0.1) is 11.6 Å². The Balaban J connectivity index is 1.99. The van der Waals surface area contributed by atoms with Crippen molar-refractivity contribution < 1.29 is 18.0 Å². The third kappa shape index (κ3) is 3.96. The maximum absolute atomic E-state index is 12.5. The second-order valence-electron chi connectivity index (χ2n) is 4.73. The first-order valence-electron chi connectivity index (χ1n) is 6.10. The molecule has 0 aliphatic heterocycles. The van der Waals surface area contributed by atoms with Crippen LogP contribution in [0.5, 0.6) is 0 Å². The van der Waals surface area contributed by atoms with Crippen LogP contribution >= 0.6 is 0 Å². The molecule has 0 aromatic heterocycles. The Morgan fingerprint density at radius 1 is 1.37 bits per heavy atom. The molecule has 1 aliphatic rings. The Hall–Kier alpha value is -1.56. The minimum Gasteiger partial charge on any atom is -0.325 e. The van der Waals surface area contributed by atoms with Crippen molar-refractivity contribution >= 4 is 11.6 Å². The lowest BCUT2D eigenvalue weighted by molar-refractivity contribution is -0.137. The molecule has 0 saturated heterocycles. The lowest BCUT2D eigenvalue weighted by Crippen LogP contribution is -2.39. The molecule has 1 atom stereocenters. The fourth-order valence-corrected chi connectivity index (χ4v) is 1.70. The van der Waals surface area contributed by atoms with Crippen LogP contribution in [-0.4, -0.2) is 18.0 Å². The van der Waals surface area contributed by atoms with Crippen molar-refractivity contribution in [2.24, 2.45) is 0 Å². The molecular formula is C13H15F3N2O. The fourth-order valence-electron chi connectivity index (χ4n) is 1.70. The van der Waals surface area contributed by atoms with Gasteiger partial charge in [0.15, 0.2) is 0 Å². The van der Waals surface area contributed by atoms with Gasteiger partial charge in [-0.2, -0.15) is 13.2 Å². The van der Waals surface area contributed by atoms with E-state index in [0.29, 0.717) is 6.04 Å². The maximum atomic E-state index is 12.5. The second kappa shape index (κ2) is 5.21. The molecule has 1 unspecified atom stereocenters. The van der Waals surface area contributed by atoms with Gasteiger partial charge in [0.1, 0.15) is 0 Å². The van der Waals surface area contributed by atoms with Gasteiger partial charge in [0.2, 0.25) is 5.91 Å². The first-order valence-corrected chi connectivity index (χ1v) is 6.10. The Kier molecular flexibility index (Phi) is 3.80. The number of hydrogen-bond donors (Lipinski definition) is 2. The highest BCUT2D eigenvalue weighted by Crippen LogP contribution is 2.30. The largest absolute Gasteiger partial charge is 0.416 e. The summed E-state index contributed by atoms with van der Waals surface area (Å²) in [5.41, 5.74) is -0.614. The van der Waals surface area contributed by atoms with Crippen LogP contribution < -0.4 is 10.6 Å². The number of amides is 1. The third-order valence-corrected chi connectivity index (χ3v) is 2.91. The Labute approximate surface area is 109 Å². The van der Waals surface area contributed by atoms with Crippen molar-refractivity contribution in [2.45, 2.75) is 38.0 Å². The minimum atomic E-state index is -4.40. The molecule has 1 saturated carbocycles. The highest BCUT2D eigenvalue weighted by molar-refractivity contribution is 5.94. The average Bonchev–Trinajstić information content (AvgIpc) is 3.12. The van der Waals surface area contributed by atoms with Crippen molar-refractivity contribution in [3.63, 3.8) is 0 Å². The molecule has 0 spiro atoms. The summed E-state index contributed by atoms with van der Waals surface area (Å²) in [6.07, 6.45) is -2.32. The molecule has 1 aromatic carbocycles. The lowest BCUT2D eigenvalue weighted by atomic mass is 10.2. The molecule has 1 amide bonds. The molecule has 0 heterocycles. The summed E-state index contributed by atoms with van der Waals surface area (Å²) >= 11 is 0. The van der Waals surface area contributed by atoms with E-state index >= 15 is 0 Å². The minimum absolute atomic E-state index is 0.157. The third-order valence-electron chi connectivity index (χ3n) is 2.91. The number of rotatable bonds is 4.